The Morgan fingerprint density at radius 2 is 2.19 bits per heavy atom. The predicted molar refractivity (Wildman–Crippen MR) is 57.2 cm³/mol. The molecule has 1 unspecified atom stereocenters. The SMILES string of the molecule is CC1C(=O)NCCN1c1ncc(C=O)cn1. The van der Waals surface area contributed by atoms with E-state index in [0.717, 1.165) is 0 Å². The molecule has 2 heterocycles. The minimum absolute atomic E-state index is 0.0330. The van der Waals surface area contributed by atoms with Gasteiger partial charge in [0.05, 0.1) is 5.56 Å². The van der Waals surface area contributed by atoms with Crippen LogP contribution < -0.4 is 10.2 Å². The smallest absolute Gasteiger partial charge is 0.242 e. The van der Waals surface area contributed by atoms with Gasteiger partial charge in [-0.1, -0.05) is 0 Å². The normalized spacial score (nSPS) is 20.4. The third-order valence-corrected chi connectivity index (χ3v) is 2.55. The molecule has 1 amide bonds. The van der Waals surface area contributed by atoms with Gasteiger partial charge in [0.2, 0.25) is 11.9 Å². The number of amides is 1. The minimum Gasteiger partial charge on any atom is -0.353 e. The molecule has 1 aliphatic rings. The lowest BCUT2D eigenvalue weighted by Gasteiger charge is -2.32. The van der Waals surface area contributed by atoms with E-state index in [4.69, 9.17) is 0 Å². The lowest BCUT2D eigenvalue weighted by atomic mass is 10.2. The molecular weight excluding hydrogens is 208 g/mol. The molecule has 1 aliphatic heterocycles. The van der Waals surface area contributed by atoms with Crippen LogP contribution >= 0.6 is 0 Å². The second-order valence-electron chi connectivity index (χ2n) is 3.59. The van der Waals surface area contributed by atoms with Gasteiger partial charge in [0.15, 0.2) is 6.29 Å². The van der Waals surface area contributed by atoms with Gasteiger partial charge in [0.25, 0.3) is 0 Å². The van der Waals surface area contributed by atoms with Crippen molar-refractivity contribution in [2.24, 2.45) is 0 Å². The number of aromatic nitrogens is 2. The first kappa shape index (κ1) is 10.5. The van der Waals surface area contributed by atoms with Gasteiger partial charge in [-0.3, -0.25) is 9.59 Å². The Labute approximate surface area is 92.7 Å². The standard InChI is InChI=1S/C10H12N4O2/c1-7-9(16)11-2-3-14(7)10-12-4-8(6-15)5-13-10/h4-7H,2-3H2,1H3,(H,11,16). The van der Waals surface area contributed by atoms with Gasteiger partial charge in [-0.05, 0) is 6.92 Å². The maximum absolute atomic E-state index is 11.4. The van der Waals surface area contributed by atoms with Crippen LogP contribution in [0.1, 0.15) is 17.3 Å². The summed E-state index contributed by atoms with van der Waals surface area (Å²) in [6.07, 6.45) is 3.60. The second-order valence-corrected chi connectivity index (χ2v) is 3.59. The van der Waals surface area contributed by atoms with Crippen molar-refractivity contribution in [2.75, 3.05) is 18.0 Å². The molecular formula is C10H12N4O2. The Kier molecular flexibility index (Phi) is 2.80. The topological polar surface area (TPSA) is 75.2 Å². The summed E-state index contributed by atoms with van der Waals surface area (Å²) < 4.78 is 0. The number of nitrogens with zero attached hydrogens (tertiary/aromatic N) is 3. The molecule has 1 atom stereocenters. The molecule has 0 saturated carbocycles. The zero-order valence-electron chi connectivity index (χ0n) is 8.88. The van der Waals surface area contributed by atoms with E-state index in [1.54, 1.807) is 6.92 Å². The number of hydrogen-bond donors (Lipinski definition) is 1. The van der Waals surface area contributed by atoms with Crippen LogP contribution in [0.2, 0.25) is 0 Å². The van der Waals surface area contributed by atoms with Crippen molar-refractivity contribution in [3.8, 4) is 0 Å². The first-order valence-electron chi connectivity index (χ1n) is 5.04. The number of hydrogen-bond acceptors (Lipinski definition) is 5. The van der Waals surface area contributed by atoms with Crippen LogP contribution in [0.4, 0.5) is 5.95 Å². The van der Waals surface area contributed by atoms with Gasteiger partial charge in [-0.2, -0.15) is 0 Å². The van der Waals surface area contributed by atoms with E-state index in [9.17, 15) is 9.59 Å². The summed E-state index contributed by atoms with van der Waals surface area (Å²) in [5.41, 5.74) is 0.429. The van der Waals surface area contributed by atoms with E-state index in [0.29, 0.717) is 30.9 Å². The van der Waals surface area contributed by atoms with Crippen molar-refractivity contribution in [3.63, 3.8) is 0 Å². The van der Waals surface area contributed by atoms with Gasteiger partial charge >= 0.3 is 0 Å². The number of rotatable bonds is 2. The third-order valence-electron chi connectivity index (χ3n) is 2.55. The number of carbonyl (C=O) groups excluding carboxylic acids is 2. The van der Waals surface area contributed by atoms with E-state index < -0.39 is 0 Å². The van der Waals surface area contributed by atoms with Crippen molar-refractivity contribution in [2.45, 2.75) is 13.0 Å². The molecule has 1 N–H and O–H groups in total. The van der Waals surface area contributed by atoms with E-state index in [2.05, 4.69) is 15.3 Å². The Balaban J connectivity index is 2.22. The Morgan fingerprint density at radius 1 is 1.50 bits per heavy atom. The summed E-state index contributed by atoms with van der Waals surface area (Å²) in [7, 11) is 0. The molecule has 0 spiro atoms. The average Bonchev–Trinajstić information content (AvgIpc) is 2.33. The molecule has 1 aromatic heterocycles. The van der Waals surface area contributed by atoms with E-state index >= 15 is 0 Å². The van der Waals surface area contributed by atoms with Crippen molar-refractivity contribution in [1.29, 1.82) is 0 Å². The molecule has 6 heteroatoms. The van der Waals surface area contributed by atoms with Gasteiger partial charge in [-0.15, -0.1) is 0 Å². The first-order chi connectivity index (χ1) is 7.72. The van der Waals surface area contributed by atoms with Crippen LogP contribution in [0, 0.1) is 0 Å². The molecule has 2 rings (SSSR count). The summed E-state index contributed by atoms with van der Waals surface area (Å²) in [4.78, 5) is 31.8. The van der Waals surface area contributed by atoms with Crippen LogP contribution in [0.5, 0.6) is 0 Å². The zero-order chi connectivity index (χ0) is 11.5. The fourth-order valence-corrected chi connectivity index (χ4v) is 1.60. The Morgan fingerprint density at radius 3 is 2.81 bits per heavy atom. The van der Waals surface area contributed by atoms with E-state index in [-0.39, 0.29) is 11.9 Å². The highest BCUT2D eigenvalue weighted by Gasteiger charge is 2.26. The zero-order valence-corrected chi connectivity index (χ0v) is 8.88. The first-order valence-corrected chi connectivity index (χ1v) is 5.04. The van der Waals surface area contributed by atoms with Crippen LogP contribution in [-0.4, -0.2) is 41.3 Å². The lowest BCUT2D eigenvalue weighted by Crippen LogP contribution is -2.54. The third kappa shape index (κ3) is 1.86. The van der Waals surface area contributed by atoms with Crippen molar-refractivity contribution >= 4 is 18.1 Å². The largest absolute Gasteiger partial charge is 0.353 e. The summed E-state index contributed by atoms with van der Waals surface area (Å²) in [5.74, 6) is 0.447. The number of nitrogens with one attached hydrogen (secondary N) is 1. The Hall–Kier alpha value is -1.98. The van der Waals surface area contributed by atoms with Crippen LogP contribution in [0.3, 0.4) is 0 Å². The molecule has 1 fully saturated rings. The van der Waals surface area contributed by atoms with Crippen LogP contribution in [0.15, 0.2) is 12.4 Å². The molecule has 1 aromatic rings. The molecule has 0 bridgehead atoms. The van der Waals surface area contributed by atoms with Gasteiger partial charge in [0.1, 0.15) is 6.04 Å². The molecule has 0 aromatic carbocycles. The van der Waals surface area contributed by atoms with Gasteiger partial charge < -0.3 is 10.2 Å². The fourth-order valence-electron chi connectivity index (χ4n) is 1.60. The van der Waals surface area contributed by atoms with Crippen LogP contribution in [0.25, 0.3) is 0 Å². The number of anilines is 1. The van der Waals surface area contributed by atoms with Crippen molar-refractivity contribution < 1.29 is 9.59 Å². The molecule has 1 saturated heterocycles. The number of piperazine rings is 1. The molecule has 0 aliphatic carbocycles. The van der Waals surface area contributed by atoms with E-state index in [1.165, 1.54) is 12.4 Å². The minimum atomic E-state index is -0.282. The molecule has 16 heavy (non-hydrogen) atoms. The number of aldehydes is 1. The molecule has 0 radical (unpaired) electrons. The summed E-state index contributed by atoms with van der Waals surface area (Å²) >= 11 is 0. The highest BCUT2D eigenvalue weighted by molar-refractivity contribution is 5.85. The number of carbonyl (C=O) groups is 2. The highest BCUT2D eigenvalue weighted by Crippen LogP contribution is 2.12. The lowest BCUT2D eigenvalue weighted by molar-refractivity contribution is -0.122. The van der Waals surface area contributed by atoms with Crippen LogP contribution in [-0.2, 0) is 4.79 Å². The summed E-state index contributed by atoms with van der Waals surface area (Å²) in [5, 5.41) is 2.76. The quantitative estimate of drug-likeness (QED) is 0.687. The maximum atomic E-state index is 11.4. The molecule has 84 valence electrons. The van der Waals surface area contributed by atoms with Gasteiger partial charge in [0, 0.05) is 25.5 Å². The maximum Gasteiger partial charge on any atom is 0.242 e. The van der Waals surface area contributed by atoms with Crippen molar-refractivity contribution in [1.82, 2.24) is 15.3 Å². The highest BCUT2D eigenvalue weighted by atomic mass is 16.2. The Bertz CT molecular complexity index is 404. The van der Waals surface area contributed by atoms with E-state index in [1.807, 2.05) is 4.90 Å². The summed E-state index contributed by atoms with van der Waals surface area (Å²) in [6.45, 7) is 3.06. The summed E-state index contributed by atoms with van der Waals surface area (Å²) in [6, 6.07) is -0.282. The van der Waals surface area contributed by atoms with Crippen molar-refractivity contribution in [3.05, 3.63) is 18.0 Å². The fraction of sp³-hybridized carbons (Fsp3) is 0.400. The predicted octanol–water partition coefficient (Wildman–Crippen LogP) is -0.386. The second kappa shape index (κ2) is 4.26. The molecule has 6 nitrogen and oxygen atoms in total. The monoisotopic (exact) mass is 220 g/mol. The van der Waals surface area contributed by atoms with Gasteiger partial charge in [-0.25, -0.2) is 9.97 Å². The average molecular weight is 220 g/mol.